The molecule has 5 nitrogen and oxygen atoms in total. The lowest BCUT2D eigenvalue weighted by molar-refractivity contribution is 0.145. The van der Waals surface area contributed by atoms with Gasteiger partial charge in [-0.2, -0.15) is 0 Å². The van der Waals surface area contributed by atoms with E-state index in [1.165, 1.54) is 25.0 Å². The largest absolute Gasteiger partial charge is 0.383 e. The van der Waals surface area contributed by atoms with Gasteiger partial charge in [0.25, 0.3) is 0 Å². The molecule has 0 bridgehead atoms. The quantitative estimate of drug-likeness (QED) is 0.519. The number of aliphatic imine (C=N–C) groups is 1. The van der Waals surface area contributed by atoms with E-state index in [0.29, 0.717) is 12.6 Å². The molecule has 1 aliphatic rings. The van der Waals surface area contributed by atoms with Gasteiger partial charge in [0.15, 0.2) is 5.96 Å². The van der Waals surface area contributed by atoms with Gasteiger partial charge in [-0.05, 0) is 37.5 Å². The minimum absolute atomic E-state index is 0.205. The molecule has 0 atom stereocenters. The van der Waals surface area contributed by atoms with Crippen LogP contribution in [0.15, 0.2) is 29.3 Å². The van der Waals surface area contributed by atoms with Crippen LogP contribution in [-0.2, 0) is 11.3 Å². The van der Waals surface area contributed by atoms with E-state index in [0.717, 1.165) is 44.3 Å². The summed E-state index contributed by atoms with van der Waals surface area (Å²) < 4.78 is 18.2. The minimum atomic E-state index is -0.205. The third-order valence-electron chi connectivity index (χ3n) is 4.32. The van der Waals surface area contributed by atoms with Gasteiger partial charge in [-0.25, -0.2) is 4.39 Å². The van der Waals surface area contributed by atoms with E-state index < -0.39 is 0 Å². The van der Waals surface area contributed by atoms with E-state index in [-0.39, 0.29) is 5.82 Å². The average Bonchev–Trinajstić information content (AvgIpc) is 3.44. The van der Waals surface area contributed by atoms with Crippen molar-refractivity contribution in [2.45, 2.75) is 32.4 Å². The molecule has 1 fully saturated rings. The number of hydrogen-bond donors (Lipinski definition) is 1. The molecule has 1 saturated carbocycles. The first-order valence-corrected chi connectivity index (χ1v) is 9.11. The summed E-state index contributed by atoms with van der Waals surface area (Å²) in [5, 5.41) is 3.33. The van der Waals surface area contributed by atoms with Crippen molar-refractivity contribution in [3.05, 3.63) is 35.6 Å². The molecule has 0 heterocycles. The predicted molar refractivity (Wildman–Crippen MR) is 100 cm³/mol. The Morgan fingerprint density at radius 3 is 2.60 bits per heavy atom. The molecule has 0 saturated heterocycles. The van der Waals surface area contributed by atoms with E-state index >= 15 is 0 Å². The van der Waals surface area contributed by atoms with Crippen molar-refractivity contribution in [2.75, 3.05) is 46.9 Å². The molecule has 0 aromatic heterocycles. The Hall–Kier alpha value is -1.66. The van der Waals surface area contributed by atoms with Crippen LogP contribution in [0.3, 0.4) is 0 Å². The minimum Gasteiger partial charge on any atom is -0.383 e. The topological polar surface area (TPSA) is 40.1 Å². The second-order valence-corrected chi connectivity index (χ2v) is 6.48. The molecule has 140 valence electrons. The molecule has 1 N–H and O–H groups in total. The van der Waals surface area contributed by atoms with Crippen LogP contribution in [0, 0.1) is 5.82 Å². The van der Waals surface area contributed by atoms with Gasteiger partial charge >= 0.3 is 0 Å². The maximum absolute atomic E-state index is 13.0. The standard InChI is InChI=1S/C19H31FN4O/c1-4-21-19(23(2)15-16-5-7-17(20)8-6-16)22-11-12-24(13-14-25-3)18-9-10-18/h5-8,18H,4,9-15H2,1-3H3,(H,21,22). The molecule has 0 spiro atoms. The second-order valence-electron chi connectivity index (χ2n) is 6.48. The highest BCUT2D eigenvalue weighted by atomic mass is 19.1. The molecule has 1 aliphatic carbocycles. The Bertz CT molecular complexity index is 531. The fraction of sp³-hybridized carbons (Fsp3) is 0.632. The molecule has 0 aliphatic heterocycles. The summed E-state index contributed by atoms with van der Waals surface area (Å²) in [5.41, 5.74) is 1.06. The second kappa shape index (κ2) is 10.4. The van der Waals surface area contributed by atoms with E-state index in [2.05, 4.69) is 22.0 Å². The Morgan fingerprint density at radius 1 is 1.28 bits per heavy atom. The first kappa shape index (κ1) is 19.7. The van der Waals surface area contributed by atoms with Crippen molar-refractivity contribution in [1.82, 2.24) is 15.1 Å². The van der Waals surface area contributed by atoms with Crippen molar-refractivity contribution in [3.63, 3.8) is 0 Å². The van der Waals surface area contributed by atoms with Gasteiger partial charge in [0.05, 0.1) is 13.2 Å². The number of guanidine groups is 1. The van der Waals surface area contributed by atoms with Gasteiger partial charge in [-0.15, -0.1) is 0 Å². The zero-order valence-electron chi connectivity index (χ0n) is 15.7. The summed E-state index contributed by atoms with van der Waals surface area (Å²) in [6.07, 6.45) is 2.58. The lowest BCUT2D eigenvalue weighted by Crippen LogP contribution is -2.39. The van der Waals surface area contributed by atoms with E-state index in [1.807, 2.05) is 19.2 Å². The Kier molecular flexibility index (Phi) is 8.15. The highest BCUT2D eigenvalue weighted by Gasteiger charge is 2.28. The van der Waals surface area contributed by atoms with Crippen LogP contribution < -0.4 is 5.32 Å². The fourth-order valence-electron chi connectivity index (χ4n) is 2.82. The zero-order chi connectivity index (χ0) is 18.1. The zero-order valence-corrected chi connectivity index (χ0v) is 15.7. The SMILES string of the molecule is CCNC(=NCCN(CCOC)C1CC1)N(C)Cc1ccc(F)cc1. The van der Waals surface area contributed by atoms with Crippen LogP contribution in [0.25, 0.3) is 0 Å². The lowest BCUT2D eigenvalue weighted by atomic mass is 10.2. The first-order chi connectivity index (χ1) is 12.1. The number of methoxy groups -OCH3 is 1. The normalized spacial score (nSPS) is 14.8. The van der Waals surface area contributed by atoms with Crippen molar-refractivity contribution in [1.29, 1.82) is 0 Å². The molecule has 0 unspecified atom stereocenters. The number of nitrogens with zero attached hydrogens (tertiary/aromatic N) is 3. The molecule has 0 radical (unpaired) electrons. The van der Waals surface area contributed by atoms with Gasteiger partial charge in [-0.1, -0.05) is 12.1 Å². The smallest absolute Gasteiger partial charge is 0.194 e. The van der Waals surface area contributed by atoms with Crippen molar-refractivity contribution >= 4 is 5.96 Å². The van der Waals surface area contributed by atoms with E-state index in [1.54, 1.807) is 7.11 Å². The number of rotatable bonds is 10. The molecule has 2 rings (SSSR count). The molecule has 6 heteroatoms. The highest BCUT2D eigenvalue weighted by Crippen LogP contribution is 2.26. The van der Waals surface area contributed by atoms with Gasteiger partial charge in [-0.3, -0.25) is 9.89 Å². The number of benzene rings is 1. The molecule has 25 heavy (non-hydrogen) atoms. The average molecular weight is 350 g/mol. The number of halogens is 1. The monoisotopic (exact) mass is 350 g/mol. The van der Waals surface area contributed by atoms with Gasteiger partial charge < -0.3 is 15.0 Å². The maximum atomic E-state index is 13.0. The van der Waals surface area contributed by atoms with Crippen LogP contribution in [0.5, 0.6) is 0 Å². The van der Waals surface area contributed by atoms with Crippen molar-refractivity contribution < 1.29 is 9.13 Å². The summed E-state index contributed by atoms with van der Waals surface area (Å²) >= 11 is 0. The molecular formula is C19H31FN4O. The molecular weight excluding hydrogens is 319 g/mol. The van der Waals surface area contributed by atoms with Crippen LogP contribution >= 0.6 is 0 Å². The van der Waals surface area contributed by atoms with E-state index in [4.69, 9.17) is 9.73 Å². The third kappa shape index (κ3) is 7.00. The Morgan fingerprint density at radius 2 is 2.00 bits per heavy atom. The van der Waals surface area contributed by atoms with Crippen LogP contribution in [-0.4, -0.2) is 68.7 Å². The van der Waals surface area contributed by atoms with Crippen molar-refractivity contribution in [3.8, 4) is 0 Å². The molecule has 1 aromatic rings. The summed E-state index contributed by atoms with van der Waals surface area (Å²) in [7, 11) is 3.76. The molecule has 0 amide bonds. The first-order valence-electron chi connectivity index (χ1n) is 9.11. The van der Waals surface area contributed by atoms with Crippen LogP contribution in [0.4, 0.5) is 4.39 Å². The van der Waals surface area contributed by atoms with Gasteiger partial charge in [0, 0.05) is 46.4 Å². The number of hydrogen-bond acceptors (Lipinski definition) is 3. The Balaban J connectivity index is 1.88. The molecule has 1 aromatic carbocycles. The Labute approximate surface area is 150 Å². The van der Waals surface area contributed by atoms with Gasteiger partial charge in [0.1, 0.15) is 5.82 Å². The van der Waals surface area contributed by atoms with Gasteiger partial charge in [0.2, 0.25) is 0 Å². The number of ether oxygens (including phenoxy) is 1. The lowest BCUT2D eigenvalue weighted by Gasteiger charge is -2.24. The third-order valence-corrected chi connectivity index (χ3v) is 4.32. The predicted octanol–water partition coefficient (Wildman–Crippen LogP) is 2.33. The summed E-state index contributed by atoms with van der Waals surface area (Å²) in [6.45, 7) is 7.04. The fourth-order valence-corrected chi connectivity index (χ4v) is 2.82. The number of nitrogens with one attached hydrogen (secondary N) is 1. The summed E-state index contributed by atoms with van der Waals surface area (Å²) in [5.74, 6) is 0.678. The van der Waals surface area contributed by atoms with Crippen LogP contribution in [0.1, 0.15) is 25.3 Å². The van der Waals surface area contributed by atoms with E-state index in [9.17, 15) is 4.39 Å². The van der Waals surface area contributed by atoms with Crippen molar-refractivity contribution in [2.24, 2.45) is 4.99 Å². The highest BCUT2D eigenvalue weighted by molar-refractivity contribution is 5.79. The van der Waals surface area contributed by atoms with Crippen LogP contribution in [0.2, 0.25) is 0 Å². The summed E-state index contributed by atoms with van der Waals surface area (Å²) in [4.78, 5) is 9.31. The summed E-state index contributed by atoms with van der Waals surface area (Å²) in [6, 6.07) is 7.33. The maximum Gasteiger partial charge on any atom is 0.194 e.